The van der Waals surface area contributed by atoms with Crippen LogP contribution in [0.2, 0.25) is 0 Å². The van der Waals surface area contributed by atoms with Crippen LogP contribution in [0.15, 0.2) is 30.3 Å². The molecule has 138 valence electrons. The Balaban J connectivity index is 2.18. The summed E-state index contributed by atoms with van der Waals surface area (Å²) in [7, 11) is 0. The Labute approximate surface area is 149 Å². The predicted octanol–water partition coefficient (Wildman–Crippen LogP) is 4.13. The van der Waals surface area contributed by atoms with Crippen molar-refractivity contribution in [3.05, 3.63) is 52.3 Å². The van der Waals surface area contributed by atoms with E-state index >= 15 is 0 Å². The minimum atomic E-state index is -4.88. The zero-order valence-electron chi connectivity index (χ0n) is 13.3. The third-order valence-corrected chi connectivity index (χ3v) is 3.81. The van der Waals surface area contributed by atoms with E-state index in [1.54, 1.807) is 0 Å². The molecule has 1 N–H and O–H groups in total. The topological polar surface area (TPSA) is 68.3 Å². The van der Waals surface area contributed by atoms with Crippen LogP contribution in [-0.2, 0) is 15.7 Å². The normalized spacial score (nSPS) is 11.6. The Hall–Kier alpha value is -2.75. The summed E-state index contributed by atoms with van der Waals surface area (Å²) in [6.07, 6.45) is -2.59. The van der Waals surface area contributed by atoms with Crippen LogP contribution in [0.5, 0.6) is 0 Å². The van der Waals surface area contributed by atoms with Crippen molar-refractivity contribution in [1.82, 2.24) is 4.98 Å². The van der Waals surface area contributed by atoms with Crippen LogP contribution in [0.3, 0.4) is 0 Å². The number of nitrogens with zero attached hydrogens (tertiary/aromatic N) is 1. The van der Waals surface area contributed by atoms with Gasteiger partial charge in [0.1, 0.15) is 10.7 Å². The number of nitrogens with one attached hydrogen (secondary N) is 1. The number of aromatic nitrogens is 1. The fraction of sp³-hybridized carbons (Fsp3) is 0.188. The number of carbonyl (C=O) groups excluding carboxylic acids is 2. The van der Waals surface area contributed by atoms with E-state index in [1.807, 2.05) is 0 Å². The van der Waals surface area contributed by atoms with Crippen molar-refractivity contribution in [2.24, 2.45) is 0 Å². The van der Waals surface area contributed by atoms with Crippen molar-refractivity contribution in [2.45, 2.75) is 13.1 Å². The van der Waals surface area contributed by atoms with Crippen molar-refractivity contribution in [2.75, 3.05) is 11.9 Å². The quantitative estimate of drug-likeness (QED) is 0.475. The first kappa shape index (κ1) is 19.6. The summed E-state index contributed by atoms with van der Waals surface area (Å²) in [5, 5.41) is 1.73. The summed E-state index contributed by atoms with van der Waals surface area (Å²) in [6, 6.07) is 5.38. The molecular weight excluding hydrogens is 376 g/mol. The molecule has 0 unspecified atom stereocenters. The molecule has 0 aliphatic carbocycles. The van der Waals surface area contributed by atoms with Gasteiger partial charge in [-0.1, -0.05) is 23.5 Å². The number of hydrogen-bond acceptors (Lipinski definition) is 5. The number of ether oxygens (including phenoxy) is 1. The van der Waals surface area contributed by atoms with Crippen LogP contribution in [0.1, 0.15) is 27.9 Å². The second kappa shape index (κ2) is 8.09. The number of alkyl halides is 3. The maximum absolute atomic E-state index is 13.0. The van der Waals surface area contributed by atoms with Gasteiger partial charge in [-0.15, -0.1) is 0 Å². The van der Waals surface area contributed by atoms with E-state index in [1.165, 1.54) is 37.3 Å². The van der Waals surface area contributed by atoms with Gasteiger partial charge in [0, 0.05) is 6.08 Å². The lowest BCUT2D eigenvalue weighted by Crippen LogP contribution is -2.14. The van der Waals surface area contributed by atoms with Gasteiger partial charge in [-0.3, -0.25) is 10.1 Å². The molecule has 5 nitrogen and oxygen atoms in total. The van der Waals surface area contributed by atoms with Gasteiger partial charge in [-0.2, -0.15) is 13.2 Å². The first-order valence-electron chi connectivity index (χ1n) is 7.20. The van der Waals surface area contributed by atoms with Crippen molar-refractivity contribution in [3.8, 4) is 0 Å². The first-order chi connectivity index (χ1) is 12.2. The van der Waals surface area contributed by atoms with Crippen LogP contribution in [-0.4, -0.2) is 23.5 Å². The van der Waals surface area contributed by atoms with Gasteiger partial charge >= 0.3 is 12.1 Å². The van der Waals surface area contributed by atoms with Crippen LogP contribution in [0.4, 0.5) is 22.7 Å². The Kier molecular flexibility index (Phi) is 6.09. The summed E-state index contributed by atoms with van der Waals surface area (Å²) < 4.78 is 56.6. The number of amides is 1. The minimum Gasteiger partial charge on any atom is -0.462 e. The average Bonchev–Trinajstić information content (AvgIpc) is 2.97. The highest BCUT2D eigenvalue weighted by molar-refractivity contribution is 7.17. The van der Waals surface area contributed by atoms with Crippen LogP contribution in [0, 0.1) is 5.82 Å². The summed E-state index contributed by atoms with van der Waals surface area (Å²) in [6.45, 7) is 1.35. The van der Waals surface area contributed by atoms with E-state index in [4.69, 9.17) is 0 Å². The Bertz CT molecular complexity index is 846. The molecule has 0 spiro atoms. The fourth-order valence-electron chi connectivity index (χ4n) is 1.83. The molecule has 1 amide bonds. The second-order valence-electron chi connectivity index (χ2n) is 4.79. The molecule has 2 aromatic rings. The Morgan fingerprint density at radius 2 is 2.08 bits per heavy atom. The van der Waals surface area contributed by atoms with E-state index in [0.29, 0.717) is 16.9 Å². The molecule has 0 aliphatic heterocycles. The van der Waals surface area contributed by atoms with Gasteiger partial charge in [-0.25, -0.2) is 14.2 Å². The third kappa shape index (κ3) is 5.12. The number of hydrogen-bond donors (Lipinski definition) is 1. The van der Waals surface area contributed by atoms with Gasteiger partial charge in [-0.05, 0) is 30.7 Å². The van der Waals surface area contributed by atoms with Crippen molar-refractivity contribution in [1.29, 1.82) is 0 Å². The number of benzene rings is 1. The third-order valence-electron chi connectivity index (χ3n) is 2.86. The van der Waals surface area contributed by atoms with E-state index in [0.717, 1.165) is 6.08 Å². The lowest BCUT2D eigenvalue weighted by Gasteiger charge is -2.04. The average molecular weight is 388 g/mol. The van der Waals surface area contributed by atoms with E-state index in [2.05, 4.69) is 15.0 Å². The summed E-state index contributed by atoms with van der Waals surface area (Å²) >= 11 is 0.355. The summed E-state index contributed by atoms with van der Waals surface area (Å²) in [5.41, 5.74) is -1.03. The van der Waals surface area contributed by atoms with Gasteiger partial charge in [0.15, 0.2) is 10.8 Å². The maximum Gasteiger partial charge on any atom is 0.435 e. The predicted molar refractivity (Wildman–Crippen MR) is 87.1 cm³/mol. The lowest BCUT2D eigenvalue weighted by atomic mass is 10.2. The number of thiazole rings is 1. The van der Waals surface area contributed by atoms with Crippen LogP contribution >= 0.6 is 11.3 Å². The number of anilines is 1. The molecule has 1 aromatic carbocycles. The Morgan fingerprint density at radius 1 is 1.35 bits per heavy atom. The number of halogens is 4. The van der Waals surface area contributed by atoms with Crippen molar-refractivity contribution >= 4 is 34.4 Å². The highest BCUT2D eigenvalue weighted by atomic mass is 32.1. The van der Waals surface area contributed by atoms with E-state index in [-0.39, 0.29) is 6.61 Å². The lowest BCUT2D eigenvalue weighted by molar-refractivity contribution is -0.141. The zero-order valence-corrected chi connectivity index (χ0v) is 14.1. The minimum absolute atomic E-state index is 0.105. The highest BCUT2D eigenvalue weighted by Gasteiger charge is 2.40. The number of rotatable bonds is 5. The molecule has 0 aliphatic rings. The Morgan fingerprint density at radius 3 is 2.69 bits per heavy atom. The molecular formula is C16H12F4N2O3S. The van der Waals surface area contributed by atoms with Gasteiger partial charge in [0.25, 0.3) is 0 Å². The smallest absolute Gasteiger partial charge is 0.435 e. The maximum atomic E-state index is 13.0. The number of esters is 1. The molecule has 0 saturated carbocycles. The highest BCUT2D eigenvalue weighted by Crippen LogP contribution is 2.36. The molecule has 1 aromatic heterocycles. The number of carbonyl (C=O) groups is 2. The molecule has 0 radical (unpaired) electrons. The van der Waals surface area contributed by atoms with Gasteiger partial charge in [0.05, 0.1) is 6.61 Å². The SMILES string of the molecule is CCOC(=O)c1sc(NC(=O)/C=C/c2cccc(F)c2)nc1C(F)(F)F. The second-order valence-corrected chi connectivity index (χ2v) is 5.79. The van der Waals surface area contributed by atoms with Crippen molar-refractivity contribution in [3.63, 3.8) is 0 Å². The van der Waals surface area contributed by atoms with Crippen LogP contribution < -0.4 is 5.32 Å². The summed E-state index contributed by atoms with van der Waals surface area (Å²) in [5.74, 6) is -2.46. The fourth-order valence-corrected chi connectivity index (χ4v) is 2.71. The molecule has 26 heavy (non-hydrogen) atoms. The molecule has 0 bridgehead atoms. The molecule has 2 rings (SSSR count). The van der Waals surface area contributed by atoms with Crippen molar-refractivity contribution < 1.29 is 31.9 Å². The molecule has 10 heteroatoms. The molecule has 0 fully saturated rings. The standard InChI is InChI=1S/C16H12F4N2O3S/c1-2-25-14(24)12-13(16(18,19)20)22-15(26-12)21-11(23)7-6-9-4-3-5-10(17)8-9/h3-8H,2H2,1H3,(H,21,22,23)/b7-6+. The van der Waals surface area contributed by atoms with E-state index in [9.17, 15) is 27.2 Å². The zero-order chi connectivity index (χ0) is 19.3. The first-order valence-corrected chi connectivity index (χ1v) is 8.02. The monoisotopic (exact) mass is 388 g/mol. The van der Waals surface area contributed by atoms with Gasteiger partial charge < -0.3 is 4.74 Å². The van der Waals surface area contributed by atoms with E-state index < -0.39 is 39.6 Å². The van der Waals surface area contributed by atoms with Gasteiger partial charge in [0.2, 0.25) is 5.91 Å². The van der Waals surface area contributed by atoms with Crippen LogP contribution in [0.25, 0.3) is 6.08 Å². The largest absolute Gasteiger partial charge is 0.462 e. The summed E-state index contributed by atoms with van der Waals surface area (Å²) in [4.78, 5) is 26.0. The molecule has 1 heterocycles. The molecule has 0 saturated heterocycles. The molecule has 0 atom stereocenters.